The van der Waals surface area contributed by atoms with Gasteiger partial charge in [-0.05, 0) is 58.2 Å². The fraction of sp³-hybridized carbons (Fsp3) is 0.818. The van der Waals surface area contributed by atoms with E-state index in [4.69, 9.17) is 13.9 Å². The Morgan fingerprint density at radius 1 is 1.14 bits per heavy atom. The van der Waals surface area contributed by atoms with Gasteiger partial charge < -0.3 is 13.9 Å². The average Bonchev–Trinajstić information content (AvgIpc) is 2.91. The lowest BCUT2D eigenvalue weighted by atomic mass is 9.83. The van der Waals surface area contributed by atoms with E-state index in [1.54, 1.807) is 0 Å². The van der Waals surface area contributed by atoms with E-state index in [9.17, 15) is 9.59 Å². The summed E-state index contributed by atoms with van der Waals surface area (Å²) in [6, 6.07) is -0.717. The third-order valence-corrected chi connectivity index (χ3v) is 10.6. The lowest BCUT2D eigenvalue weighted by molar-refractivity contribution is -0.146. The van der Waals surface area contributed by atoms with Crippen LogP contribution in [0.15, 0.2) is 12.2 Å². The number of rotatable bonds is 6. The highest BCUT2D eigenvalue weighted by atomic mass is 28.4. The standard InChI is InChI=1S/C22H41NO5Si/c1-15(2)17-16(12-13-27-29(10,11)22(6,7)8)14-23(18(17)19(24)26-9)20(25)28-21(3,4)5/h16-18H,1,12-14H2,2-11H3/t16-,17-,18?/m1/s1. The molecule has 1 aliphatic rings. The first-order chi connectivity index (χ1) is 13.0. The zero-order valence-corrected chi connectivity index (χ0v) is 21.0. The number of amides is 1. The van der Waals surface area contributed by atoms with Crippen molar-refractivity contribution in [2.75, 3.05) is 20.3 Å². The Labute approximate surface area is 178 Å². The van der Waals surface area contributed by atoms with Crippen LogP contribution in [0.5, 0.6) is 0 Å². The summed E-state index contributed by atoms with van der Waals surface area (Å²) in [5.41, 5.74) is 0.226. The number of carbonyl (C=O) groups is 2. The number of esters is 1. The third-order valence-electron chi connectivity index (χ3n) is 6.01. The van der Waals surface area contributed by atoms with Gasteiger partial charge in [-0.15, -0.1) is 0 Å². The number of hydrogen-bond donors (Lipinski definition) is 0. The predicted octanol–water partition coefficient (Wildman–Crippen LogP) is 5.00. The Morgan fingerprint density at radius 3 is 2.10 bits per heavy atom. The summed E-state index contributed by atoms with van der Waals surface area (Å²) in [5, 5.41) is 0.132. The molecule has 1 aliphatic heterocycles. The zero-order chi connectivity index (χ0) is 22.8. The second-order valence-corrected chi connectivity index (χ2v) is 15.4. The first-order valence-electron chi connectivity index (χ1n) is 10.4. The lowest BCUT2D eigenvalue weighted by Gasteiger charge is -2.36. The number of methoxy groups -OCH3 is 1. The van der Waals surface area contributed by atoms with Crippen LogP contribution in [-0.2, 0) is 18.7 Å². The zero-order valence-electron chi connectivity index (χ0n) is 20.0. The molecule has 0 aliphatic carbocycles. The minimum atomic E-state index is -1.86. The molecule has 0 N–H and O–H groups in total. The Hall–Kier alpha value is -1.34. The quantitative estimate of drug-likeness (QED) is 0.339. The van der Waals surface area contributed by atoms with Gasteiger partial charge in [0, 0.05) is 19.1 Å². The van der Waals surface area contributed by atoms with Crippen molar-refractivity contribution >= 4 is 20.4 Å². The van der Waals surface area contributed by atoms with Crippen molar-refractivity contribution in [2.24, 2.45) is 11.8 Å². The van der Waals surface area contributed by atoms with E-state index in [0.717, 1.165) is 12.0 Å². The highest BCUT2D eigenvalue weighted by molar-refractivity contribution is 6.74. The van der Waals surface area contributed by atoms with E-state index >= 15 is 0 Å². The highest BCUT2D eigenvalue weighted by Crippen LogP contribution is 2.40. The Kier molecular flexibility index (Phi) is 8.16. The summed E-state index contributed by atoms with van der Waals surface area (Å²) in [5.74, 6) is -0.552. The molecule has 0 aromatic carbocycles. The van der Waals surface area contributed by atoms with Gasteiger partial charge in [0.05, 0.1) is 7.11 Å². The van der Waals surface area contributed by atoms with Crippen molar-refractivity contribution in [2.45, 2.75) is 84.7 Å². The summed E-state index contributed by atoms with van der Waals surface area (Å²) in [6.45, 7) is 23.6. The summed E-state index contributed by atoms with van der Waals surface area (Å²) < 4.78 is 16.9. The van der Waals surface area contributed by atoms with Crippen LogP contribution >= 0.6 is 0 Å². The molecule has 29 heavy (non-hydrogen) atoms. The average molecular weight is 428 g/mol. The van der Waals surface area contributed by atoms with Gasteiger partial charge in [-0.25, -0.2) is 9.59 Å². The van der Waals surface area contributed by atoms with E-state index < -0.39 is 32.0 Å². The molecule has 6 nitrogen and oxygen atoms in total. The number of nitrogens with zero attached hydrogens (tertiary/aromatic N) is 1. The third kappa shape index (κ3) is 6.57. The molecule has 1 amide bonds. The second kappa shape index (κ2) is 9.21. The molecule has 0 radical (unpaired) electrons. The van der Waals surface area contributed by atoms with Crippen LogP contribution in [0.3, 0.4) is 0 Å². The summed E-state index contributed by atoms with van der Waals surface area (Å²) in [7, 11) is -0.515. The predicted molar refractivity (Wildman–Crippen MR) is 118 cm³/mol. The van der Waals surface area contributed by atoms with Gasteiger partial charge in [-0.1, -0.05) is 32.9 Å². The first kappa shape index (κ1) is 25.7. The molecule has 7 heteroatoms. The number of likely N-dealkylation sites (tertiary alicyclic amines) is 1. The molecule has 0 aromatic heterocycles. The Bertz CT molecular complexity index is 618. The van der Waals surface area contributed by atoms with Gasteiger partial charge in [-0.3, -0.25) is 4.90 Å². The van der Waals surface area contributed by atoms with Crippen LogP contribution in [0, 0.1) is 11.8 Å². The van der Waals surface area contributed by atoms with Crippen molar-refractivity contribution < 1.29 is 23.5 Å². The van der Waals surface area contributed by atoms with Crippen LogP contribution < -0.4 is 0 Å². The van der Waals surface area contributed by atoms with Crippen molar-refractivity contribution in [1.29, 1.82) is 0 Å². The van der Waals surface area contributed by atoms with Gasteiger partial charge in [-0.2, -0.15) is 0 Å². The highest BCUT2D eigenvalue weighted by Gasteiger charge is 2.50. The first-order valence-corrected chi connectivity index (χ1v) is 13.3. The molecule has 1 saturated heterocycles. The fourth-order valence-corrected chi connectivity index (χ4v) is 4.52. The van der Waals surface area contributed by atoms with Gasteiger partial charge in [0.25, 0.3) is 0 Å². The molecule has 1 heterocycles. The maximum Gasteiger partial charge on any atom is 0.411 e. The van der Waals surface area contributed by atoms with Crippen LogP contribution in [-0.4, -0.2) is 57.2 Å². The van der Waals surface area contributed by atoms with E-state index in [0.29, 0.717) is 13.2 Å². The molecular formula is C22H41NO5Si. The number of ether oxygens (including phenoxy) is 2. The molecule has 0 aromatic rings. The smallest absolute Gasteiger partial charge is 0.411 e. The molecule has 1 fully saturated rings. The van der Waals surface area contributed by atoms with Crippen molar-refractivity contribution in [3.8, 4) is 0 Å². The molecule has 0 bridgehead atoms. The van der Waals surface area contributed by atoms with E-state index in [-0.39, 0.29) is 16.9 Å². The van der Waals surface area contributed by atoms with Gasteiger partial charge in [0.15, 0.2) is 8.32 Å². The largest absolute Gasteiger partial charge is 0.467 e. The van der Waals surface area contributed by atoms with Crippen LogP contribution in [0.2, 0.25) is 18.1 Å². The van der Waals surface area contributed by atoms with E-state index in [1.165, 1.54) is 12.0 Å². The Morgan fingerprint density at radius 2 is 1.69 bits per heavy atom. The molecule has 1 unspecified atom stereocenters. The fourth-order valence-electron chi connectivity index (χ4n) is 3.46. The van der Waals surface area contributed by atoms with Gasteiger partial charge >= 0.3 is 12.1 Å². The number of carbonyl (C=O) groups excluding carboxylic acids is 2. The molecule has 168 valence electrons. The normalized spacial score (nSPS) is 23.1. The SMILES string of the molecule is C=C(C)[C@H]1C(C(=O)OC)N(C(=O)OC(C)(C)C)C[C@H]1CCO[Si](C)(C)C(C)(C)C. The van der Waals surface area contributed by atoms with Gasteiger partial charge in [0.2, 0.25) is 0 Å². The maximum absolute atomic E-state index is 12.8. The molecular weight excluding hydrogens is 386 g/mol. The van der Waals surface area contributed by atoms with Crippen LogP contribution in [0.4, 0.5) is 4.79 Å². The van der Waals surface area contributed by atoms with Gasteiger partial charge in [0.1, 0.15) is 11.6 Å². The monoisotopic (exact) mass is 427 g/mol. The summed E-state index contributed by atoms with van der Waals surface area (Å²) in [6.07, 6.45) is 0.253. The Balaban J connectivity index is 3.04. The number of hydrogen-bond acceptors (Lipinski definition) is 5. The topological polar surface area (TPSA) is 65.1 Å². The summed E-state index contributed by atoms with van der Waals surface area (Å²) in [4.78, 5) is 26.9. The maximum atomic E-state index is 12.8. The minimum Gasteiger partial charge on any atom is -0.467 e. The molecule has 3 atom stereocenters. The minimum absolute atomic E-state index is 0.0638. The van der Waals surface area contributed by atoms with E-state index in [2.05, 4.69) is 40.4 Å². The van der Waals surface area contributed by atoms with Crippen molar-refractivity contribution in [1.82, 2.24) is 4.90 Å². The van der Waals surface area contributed by atoms with Crippen LogP contribution in [0.1, 0.15) is 54.9 Å². The summed E-state index contributed by atoms with van der Waals surface area (Å²) >= 11 is 0. The van der Waals surface area contributed by atoms with E-state index in [1.807, 2.05) is 27.7 Å². The molecule has 0 spiro atoms. The lowest BCUT2D eigenvalue weighted by Crippen LogP contribution is -2.46. The van der Waals surface area contributed by atoms with Crippen molar-refractivity contribution in [3.05, 3.63) is 12.2 Å². The second-order valence-electron chi connectivity index (χ2n) is 10.6. The molecule has 1 rings (SSSR count). The van der Waals surface area contributed by atoms with Crippen molar-refractivity contribution in [3.63, 3.8) is 0 Å². The molecule has 0 saturated carbocycles. The van der Waals surface area contributed by atoms with Crippen LogP contribution in [0.25, 0.3) is 0 Å².